The predicted molar refractivity (Wildman–Crippen MR) is 154 cm³/mol. The average Bonchev–Trinajstić information content (AvgIpc) is 3.85. The van der Waals surface area contributed by atoms with Crippen LogP contribution in [0.5, 0.6) is 0 Å². The summed E-state index contributed by atoms with van der Waals surface area (Å²) in [5.41, 5.74) is 5.89. The normalized spacial score (nSPS) is 24.7. The number of halogens is 1. The van der Waals surface area contributed by atoms with Crippen LogP contribution in [0.25, 0.3) is 5.65 Å². The summed E-state index contributed by atoms with van der Waals surface area (Å²) < 4.78 is 2.08. The molecule has 40 heavy (non-hydrogen) atoms. The number of amides is 2. The second-order valence-electron chi connectivity index (χ2n) is 11.7. The third-order valence-electron chi connectivity index (χ3n) is 8.75. The quantitative estimate of drug-likeness (QED) is 0.297. The van der Waals surface area contributed by atoms with Crippen molar-refractivity contribution in [1.29, 1.82) is 0 Å². The van der Waals surface area contributed by atoms with Crippen LogP contribution >= 0.6 is 11.6 Å². The van der Waals surface area contributed by atoms with Gasteiger partial charge in [0.25, 0.3) is 0 Å². The van der Waals surface area contributed by atoms with Gasteiger partial charge in [0.2, 0.25) is 11.8 Å². The van der Waals surface area contributed by atoms with E-state index in [-0.39, 0.29) is 29.6 Å². The Hall–Kier alpha value is -3.91. The van der Waals surface area contributed by atoms with E-state index in [0.29, 0.717) is 29.2 Å². The Morgan fingerprint density at radius 1 is 1.05 bits per heavy atom. The Balaban J connectivity index is 0.962. The second-order valence-corrected chi connectivity index (χ2v) is 12.2. The lowest BCUT2D eigenvalue weighted by Crippen LogP contribution is -2.28. The number of imidazole rings is 1. The molecule has 1 aliphatic heterocycles. The highest BCUT2D eigenvalue weighted by Crippen LogP contribution is 2.50. The molecule has 3 saturated carbocycles. The van der Waals surface area contributed by atoms with Crippen molar-refractivity contribution in [1.82, 2.24) is 14.4 Å². The molecule has 1 aromatic carbocycles. The van der Waals surface area contributed by atoms with Crippen LogP contribution in [0.4, 0.5) is 17.2 Å². The molecule has 2 amide bonds. The smallest absolute Gasteiger partial charge is 0.230 e. The molecule has 1 saturated heterocycles. The number of carbonyl (C=O) groups is 2. The molecule has 0 unspecified atom stereocenters. The van der Waals surface area contributed by atoms with Crippen LogP contribution < -0.4 is 15.5 Å². The van der Waals surface area contributed by atoms with Gasteiger partial charge in [0.05, 0.1) is 17.9 Å². The maximum Gasteiger partial charge on any atom is 0.230 e. The van der Waals surface area contributed by atoms with E-state index in [1.54, 1.807) is 6.20 Å². The van der Waals surface area contributed by atoms with Gasteiger partial charge in [-0.3, -0.25) is 9.59 Å². The van der Waals surface area contributed by atoms with Gasteiger partial charge in [-0.25, -0.2) is 9.97 Å². The molecule has 4 aromatic rings. The van der Waals surface area contributed by atoms with Crippen molar-refractivity contribution in [2.45, 2.75) is 44.1 Å². The van der Waals surface area contributed by atoms with Gasteiger partial charge in [-0.15, -0.1) is 0 Å². The van der Waals surface area contributed by atoms with E-state index in [0.717, 1.165) is 47.7 Å². The van der Waals surface area contributed by atoms with Gasteiger partial charge in [-0.05, 0) is 78.8 Å². The van der Waals surface area contributed by atoms with Gasteiger partial charge in [0, 0.05) is 53.7 Å². The number of pyridine rings is 2. The number of aromatic nitrogens is 3. The van der Waals surface area contributed by atoms with Crippen LogP contribution in [0.15, 0.2) is 61.1 Å². The maximum atomic E-state index is 12.9. The monoisotopic (exact) mass is 552 g/mol. The third kappa shape index (κ3) is 4.40. The van der Waals surface area contributed by atoms with Crippen molar-refractivity contribution in [2.75, 3.05) is 22.1 Å². The number of fused-ring (bicyclic) bond motifs is 2. The molecule has 4 aliphatic rings. The van der Waals surface area contributed by atoms with Crippen molar-refractivity contribution >= 4 is 46.3 Å². The summed E-state index contributed by atoms with van der Waals surface area (Å²) in [4.78, 5) is 37.0. The number of anilines is 3. The summed E-state index contributed by atoms with van der Waals surface area (Å²) in [6, 6.07) is 13.6. The molecule has 8 rings (SSSR count). The first-order chi connectivity index (χ1) is 19.5. The van der Waals surface area contributed by atoms with Crippen molar-refractivity contribution in [3.8, 4) is 0 Å². The minimum absolute atomic E-state index is 0.0249. The molecular formula is C31H29ClN6O2. The number of piperidine rings is 1. The number of hydrogen-bond donors (Lipinski definition) is 2. The molecule has 2 N–H and O–H groups in total. The van der Waals surface area contributed by atoms with E-state index in [9.17, 15) is 9.59 Å². The van der Waals surface area contributed by atoms with Crippen LogP contribution in [0.2, 0.25) is 5.02 Å². The molecule has 0 spiro atoms. The second kappa shape index (κ2) is 9.06. The fourth-order valence-electron chi connectivity index (χ4n) is 6.18. The lowest BCUT2D eigenvalue weighted by atomic mass is 10.1. The largest absolute Gasteiger partial charge is 0.379 e. The first-order valence-electron chi connectivity index (χ1n) is 14.1. The molecule has 3 aliphatic carbocycles. The van der Waals surface area contributed by atoms with Crippen LogP contribution in [-0.4, -0.2) is 32.7 Å². The average molecular weight is 553 g/mol. The molecule has 9 heteroatoms. The van der Waals surface area contributed by atoms with E-state index < -0.39 is 0 Å². The van der Waals surface area contributed by atoms with Crippen molar-refractivity contribution < 1.29 is 9.59 Å². The van der Waals surface area contributed by atoms with Gasteiger partial charge in [-0.2, -0.15) is 0 Å². The van der Waals surface area contributed by atoms with Crippen molar-refractivity contribution in [3.05, 3.63) is 82.9 Å². The highest BCUT2D eigenvalue weighted by atomic mass is 35.5. The Labute approximate surface area is 236 Å². The number of hydrogen-bond acceptors (Lipinski definition) is 5. The highest BCUT2D eigenvalue weighted by Gasteiger charge is 2.53. The van der Waals surface area contributed by atoms with E-state index in [2.05, 4.69) is 32.3 Å². The molecule has 0 radical (unpaired) electrons. The van der Waals surface area contributed by atoms with Gasteiger partial charge in [-0.1, -0.05) is 23.7 Å². The van der Waals surface area contributed by atoms with Gasteiger partial charge in [0.15, 0.2) is 5.65 Å². The summed E-state index contributed by atoms with van der Waals surface area (Å²) in [6.45, 7) is 1.32. The lowest BCUT2D eigenvalue weighted by Gasteiger charge is -2.20. The highest BCUT2D eigenvalue weighted by molar-refractivity contribution is 6.30. The summed E-state index contributed by atoms with van der Waals surface area (Å²) in [6.07, 6.45) is 10.2. The fourth-order valence-corrected chi connectivity index (χ4v) is 6.38. The SMILES string of the molecule is O=C(Nc1cc(NCc2cn3cc(C4CC4)cc(N4C[C@H]5C[C@H]5C4=O)c3n2)ccn1)[C@H]1C[C@@H]1c1cccc(Cl)c1. The zero-order valence-electron chi connectivity index (χ0n) is 21.9. The number of rotatable bonds is 8. The van der Waals surface area contributed by atoms with E-state index in [4.69, 9.17) is 16.6 Å². The van der Waals surface area contributed by atoms with E-state index >= 15 is 0 Å². The van der Waals surface area contributed by atoms with Gasteiger partial charge < -0.3 is 19.9 Å². The zero-order valence-corrected chi connectivity index (χ0v) is 22.6. The molecule has 4 heterocycles. The van der Waals surface area contributed by atoms with E-state index in [1.807, 2.05) is 47.5 Å². The Bertz CT molecular complexity index is 1680. The number of benzene rings is 1. The standard InChI is InChI=1S/C31H29ClN6O2/c32-21-3-1-2-18(8-21)24-12-26(24)30(39)36-28-11-22(6-7-33-28)34-13-23-16-37-14-19(17-4-5-17)10-27(29(37)35-23)38-15-20-9-25(20)31(38)40/h1-3,6-8,10-11,14,16-17,20,24-26H,4-5,9,12-13,15H2,(H2,33,34,36,39)/t20-,24-,25-,26+/m1/s1. The lowest BCUT2D eigenvalue weighted by molar-refractivity contribution is -0.119. The zero-order chi connectivity index (χ0) is 27.0. The molecule has 0 bridgehead atoms. The Morgan fingerprint density at radius 3 is 2.75 bits per heavy atom. The van der Waals surface area contributed by atoms with Gasteiger partial charge >= 0.3 is 0 Å². The molecule has 4 atom stereocenters. The minimum Gasteiger partial charge on any atom is -0.379 e. The molecule has 3 aromatic heterocycles. The molecule has 202 valence electrons. The van der Waals surface area contributed by atoms with Crippen LogP contribution in [0, 0.1) is 17.8 Å². The number of carbonyl (C=O) groups excluding carboxylic acids is 2. The Morgan fingerprint density at radius 2 is 1.95 bits per heavy atom. The first-order valence-corrected chi connectivity index (χ1v) is 14.5. The van der Waals surface area contributed by atoms with E-state index in [1.165, 1.54) is 18.4 Å². The predicted octanol–water partition coefficient (Wildman–Crippen LogP) is 5.60. The number of nitrogens with zero attached hydrogens (tertiary/aromatic N) is 4. The third-order valence-corrected chi connectivity index (χ3v) is 8.99. The maximum absolute atomic E-state index is 12.9. The summed E-state index contributed by atoms with van der Waals surface area (Å²) in [5.74, 6) is 2.18. The summed E-state index contributed by atoms with van der Waals surface area (Å²) in [5, 5.41) is 7.08. The first kappa shape index (κ1) is 23.9. The number of nitrogens with one attached hydrogen (secondary N) is 2. The molecule has 8 nitrogen and oxygen atoms in total. The van der Waals surface area contributed by atoms with Gasteiger partial charge in [0.1, 0.15) is 5.82 Å². The van der Waals surface area contributed by atoms with Crippen LogP contribution in [-0.2, 0) is 16.1 Å². The van der Waals surface area contributed by atoms with Crippen LogP contribution in [0.3, 0.4) is 0 Å². The van der Waals surface area contributed by atoms with Crippen molar-refractivity contribution in [3.63, 3.8) is 0 Å². The van der Waals surface area contributed by atoms with Crippen molar-refractivity contribution in [2.24, 2.45) is 17.8 Å². The minimum atomic E-state index is -0.0713. The topological polar surface area (TPSA) is 91.6 Å². The summed E-state index contributed by atoms with van der Waals surface area (Å²) >= 11 is 6.12. The Kier molecular flexibility index (Phi) is 5.42. The summed E-state index contributed by atoms with van der Waals surface area (Å²) in [7, 11) is 0. The molecule has 4 fully saturated rings. The molecular weight excluding hydrogens is 524 g/mol. The van der Waals surface area contributed by atoms with Crippen LogP contribution in [0.1, 0.15) is 54.3 Å². The fraction of sp³-hybridized carbons (Fsp3) is 0.355.